The molecule has 5 nitrogen and oxygen atoms in total. The van der Waals surface area contributed by atoms with Crippen molar-refractivity contribution in [2.45, 2.75) is 103 Å². The van der Waals surface area contributed by atoms with Crippen molar-refractivity contribution >= 4 is 17.7 Å². The number of amides is 1. The lowest BCUT2D eigenvalue weighted by molar-refractivity contribution is -0.145. The first kappa shape index (κ1) is 21.7. The molecule has 0 aromatic heterocycles. The van der Waals surface area contributed by atoms with Crippen molar-refractivity contribution in [3.63, 3.8) is 0 Å². The summed E-state index contributed by atoms with van der Waals surface area (Å²) in [6, 6.07) is 0.228. The number of aliphatic carboxylic acids is 1. The van der Waals surface area contributed by atoms with E-state index < -0.39 is 5.97 Å². The highest BCUT2D eigenvalue weighted by Crippen LogP contribution is 2.23. The van der Waals surface area contributed by atoms with Crippen molar-refractivity contribution in [1.82, 2.24) is 4.90 Å². The van der Waals surface area contributed by atoms with E-state index in [9.17, 15) is 14.4 Å². The van der Waals surface area contributed by atoms with Crippen molar-refractivity contribution in [2.75, 3.05) is 6.54 Å². The normalized spacial score (nSPS) is 17.0. The van der Waals surface area contributed by atoms with Crippen molar-refractivity contribution in [3.05, 3.63) is 0 Å². The van der Waals surface area contributed by atoms with Gasteiger partial charge in [-0.15, -0.1) is 0 Å². The van der Waals surface area contributed by atoms with Gasteiger partial charge in [-0.25, -0.2) is 0 Å². The van der Waals surface area contributed by atoms with Gasteiger partial charge in [0.05, 0.1) is 0 Å². The van der Waals surface area contributed by atoms with E-state index >= 15 is 0 Å². The van der Waals surface area contributed by atoms with E-state index in [0.29, 0.717) is 6.42 Å². The van der Waals surface area contributed by atoms with Crippen LogP contribution >= 0.6 is 0 Å². The lowest BCUT2D eigenvalue weighted by Crippen LogP contribution is -2.40. The molecule has 1 unspecified atom stereocenters. The molecule has 1 saturated heterocycles. The first-order valence-corrected chi connectivity index (χ1v) is 10.1. The van der Waals surface area contributed by atoms with Gasteiger partial charge < -0.3 is 10.0 Å². The molecule has 0 saturated carbocycles. The number of carbonyl (C=O) groups is 3. The average molecular weight is 354 g/mol. The molecule has 1 fully saturated rings. The van der Waals surface area contributed by atoms with Gasteiger partial charge in [-0.1, -0.05) is 51.9 Å². The zero-order valence-corrected chi connectivity index (χ0v) is 15.8. The molecule has 0 bridgehead atoms. The second-order valence-electron chi connectivity index (χ2n) is 7.23. The van der Waals surface area contributed by atoms with E-state index in [1.807, 2.05) is 4.90 Å². The number of hydrogen-bond acceptors (Lipinski definition) is 3. The molecule has 144 valence electrons. The minimum atomic E-state index is -0.723. The van der Waals surface area contributed by atoms with Crippen molar-refractivity contribution in [1.29, 1.82) is 0 Å². The second-order valence-corrected chi connectivity index (χ2v) is 7.23. The summed E-state index contributed by atoms with van der Waals surface area (Å²) in [7, 11) is 0. The maximum absolute atomic E-state index is 12.4. The SMILES string of the molecule is CCCCCCC(=O)C(=O)N1CCCC1CCCCCCCC(=O)O. The quantitative estimate of drug-likeness (QED) is 0.372. The Kier molecular flexibility index (Phi) is 11.2. The van der Waals surface area contributed by atoms with Crippen molar-refractivity contribution in [3.8, 4) is 0 Å². The van der Waals surface area contributed by atoms with Crippen molar-refractivity contribution < 1.29 is 19.5 Å². The molecule has 1 amide bonds. The molecule has 1 aliphatic heterocycles. The molecule has 1 atom stereocenters. The lowest BCUT2D eigenvalue weighted by atomic mass is 10.0. The van der Waals surface area contributed by atoms with Crippen LogP contribution in [0.4, 0.5) is 0 Å². The molecule has 5 heteroatoms. The predicted octanol–water partition coefficient (Wildman–Crippen LogP) is 4.33. The number of carboxylic acids is 1. The van der Waals surface area contributed by atoms with E-state index in [1.165, 1.54) is 0 Å². The van der Waals surface area contributed by atoms with Crippen LogP contribution in [0, 0.1) is 0 Å². The summed E-state index contributed by atoms with van der Waals surface area (Å²) in [5.41, 5.74) is 0. The number of Topliss-reactive ketones (excluding diaryl/α,β-unsaturated/α-hetero) is 1. The fourth-order valence-electron chi connectivity index (χ4n) is 3.57. The van der Waals surface area contributed by atoms with E-state index in [-0.39, 0.29) is 24.2 Å². The Bertz CT molecular complexity index is 422. The molecule has 0 aromatic carbocycles. The highest BCUT2D eigenvalue weighted by atomic mass is 16.4. The molecule has 1 aliphatic rings. The maximum atomic E-state index is 12.4. The maximum Gasteiger partial charge on any atom is 0.303 e. The molecule has 0 aliphatic carbocycles. The Hall–Kier alpha value is -1.39. The van der Waals surface area contributed by atoms with Crippen LogP contribution in [0.15, 0.2) is 0 Å². The molecule has 1 rings (SSSR count). The van der Waals surface area contributed by atoms with Crippen LogP contribution in [-0.2, 0) is 14.4 Å². The summed E-state index contributed by atoms with van der Waals surface area (Å²) in [6.07, 6.45) is 12.6. The van der Waals surface area contributed by atoms with Gasteiger partial charge in [-0.3, -0.25) is 14.4 Å². The smallest absolute Gasteiger partial charge is 0.303 e. The Balaban J connectivity index is 2.20. The van der Waals surface area contributed by atoms with Gasteiger partial charge in [0.25, 0.3) is 5.91 Å². The third-order valence-corrected chi connectivity index (χ3v) is 5.06. The standard InChI is InChI=1S/C20H35NO4/c1-2-3-4-9-14-18(22)20(25)21-16-11-13-17(21)12-8-6-5-7-10-15-19(23)24/h17H,2-16H2,1H3,(H,23,24). The summed E-state index contributed by atoms with van der Waals surface area (Å²) in [5, 5.41) is 8.60. The number of carbonyl (C=O) groups excluding carboxylic acids is 2. The zero-order chi connectivity index (χ0) is 18.5. The number of carboxylic acid groups (broad SMARTS) is 1. The average Bonchev–Trinajstić information content (AvgIpc) is 3.05. The first-order chi connectivity index (χ1) is 12.1. The van der Waals surface area contributed by atoms with Crippen LogP contribution < -0.4 is 0 Å². The molecular formula is C20H35NO4. The highest BCUT2D eigenvalue weighted by Gasteiger charge is 2.31. The van der Waals surface area contributed by atoms with Gasteiger partial charge in [0.1, 0.15) is 0 Å². The molecule has 0 aromatic rings. The van der Waals surface area contributed by atoms with Crippen LogP contribution in [0.5, 0.6) is 0 Å². The summed E-state index contributed by atoms with van der Waals surface area (Å²) >= 11 is 0. The molecule has 1 heterocycles. The van der Waals surface area contributed by atoms with Crippen LogP contribution in [0.3, 0.4) is 0 Å². The Labute approximate surface area is 152 Å². The number of rotatable bonds is 14. The van der Waals surface area contributed by atoms with Gasteiger partial charge in [-0.05, 0) is 32.1 Å². The molecular weight excluding hydrogens is 318 g/mol. The molecule has 25 heavy (non-hydrogen) atoms. The van der Waals surface area contributed by atoms with Gasteiger partial charge in [0.2, 0.25) is 5.78 Å². The number of hydrogen-bond donors (Lipinski definition) is 1. The van der Waals surface area contributed by atoms with Gasteiger partial charge in [0, 0.05) is 25.4 Å². The minimum Gasteiger partial charge on any atom is -0.481 e. The van der Waals surface area contributed by atoms with Crippen LogP contribution in [0.25, 0.3) is 0 Å². The molecule has 0 spiro atoms. The van der Waals surface area contributed by atoms with Crippen LogP contribution in [0.1, 0.15) is 96.8 Å². The van der Waals surface area contributed by atoms with E-state index in [2.05, 4.69) is 6.92 Å². The van der Waals surface area contributed by atoms with E-state index in [4.69, 9.17) is 5.11 Å². The predicted molar refractivity (Wildman–Crippen MR) is 98.5 cm³/mol. The molecule has 0 radical (unpaired) electrons. The fraction of sp³-hybridized carbons (Fsp3) is 0.850. The zero-order valence-electron chi connectivity index (χ0n) is 15.8. The fourth-order valence-corrected chi connectivity index (χ4v) is 3.57. The van der Waals surface area contributed by atoms with Crippen LogP contribution in [0.2, 0.25) is 0 Å². The minimum absolute atomic E-state index is 0.211. The third kappa shape index (κ3) is 9.03. The summed E-state index contributed by atoms with van der Waals surface area (Å²) in [6.45, 7) is 2.86. The highest BCUT2D eigenvalue weighted by molar-refractivity contribution is 6.36. The number of nitrogens with zero attached hydrogens (tertiary/aromatic N) is 1. The third-order valence-electron chi connectivity index (χ3n) is 5.06. The monoisotopic (exact) mass is 353 g/mol. The number of likely N-dealkylation sites (tertiary alicyclic amines) is 1. The summed E-state index contributed by atoms with van der Waals surface area (Å²) < 4.78 is 0. The van der Waals surface area contributed by atoms with Crippen molar-refractivity contribution in [2.24, 2.45) is 0 Å². The van der Waals surface area contributed by atoms with Gasteiger partial charge >= 0.3 is 5.97 Å². The Morgan fingerprint density at radius 2 is 1.56 bits per heavy atom. The van der Waals surface area contributed by atoms with E-state index in [1.54, 1.807) is 0 Å². The topological polar surface area (TPSA) is 74.7 Å². The summed E-state index contributed by atoms with van der Waals surface area (Å²) in [4.78, 5) is 36.7. The van der Waals surface area contributed by atoms with Gasteiger partial charge in [0.15, 0.2) is 0 Å². The second kappa shape index (κ2) is 12.9. The van der Waals surface area contributed by atoms with Crippen LogP contribution in [-0.4, -0.2) is 40.3 Å². The number of ketones is 1. The first-order valence-electron chi connectivity index (χ1n) is 10.1. The Morgan fingerprint density at radius 3 is 2.28 bits per heavy atom. The Morgan fingerprint density at radius 1 is 0.920 bits per heavy atom. The lowest BCUT2D eigenvalue weighted by Gasteiger charge is -2.24. The number of unbranched alkanes of at least 4 members (excludes halogenated alkanes) is 7. The van der Waals surface area contributed by atoms with E-state index in [0.717, 1.165) is 83.6 Å². The largest absolute Gasteiger partial charge is 0.481 e. The molecule has 1 N–H and O–H groups in total. The van der Waals surface area contributed by atoms with Gasteiger partial charge in [-0.2, -0.15) is 0 Å². The summed E-state index contributed by atoms with van der Waals surface area (Å²) in [5.74, 6) is -1.20.